The zero-order valence-electron chi connectivity index (χ0n) is 14.2. The Kier molecular flexibility index (Phi) is 3.64. The highest BCUT2D eigenvalue weighted by molar-refractivity contribution is 5.84. The van der Waals surface area contributed by atoms with E-state index in [9.17, 15) is 20.1 Å². The number of ether oxygens (including phenoxy) is 1. The molecule has 4 rings (SSSR count). The second kappa shape index (κ2) is 5.68. The second-order valence-electron chi connectivity index (χ2n) is 6.38. The van der Waals surface area contributed by atoms with Gasteiger partial charge in [-0.1, -0.05) is 36.4 Å². The van der Waals surface area contributed by atoms with Crippen molar-refractivity contribution in [2.75, 3.05) is 0 Å². The van der Waals surface area contributed by atoms with Gasteiger partial charge in [0.1, 0.15) is 11.5 Å². The lowest BCUT2D eigenvalue weighted by Crippen LogP contribution is -2.52. The molecule has 2 heterocycles. The molecular weight excluding hydrogens is 352 g/mol. The van der Waals surface area contributed by atoms with E-state index in [2.05, 4.69) is 0 Å². The Morgan fingerprint density at radius 2 is 1.78 bits per heavy atom. The first kappa shape index (κ1) is 17.3. The molecule has 0 saturated carbocycles. The topological polar surface area (TPSA) is 120 Å². The first-order valence-corrected chi connectivity index (χ1v) is 8.14. The fourth-order valence-corrected chi connectivity index (χ4v) is 3.34. The van der Waals surface area contributed by atoms with Gasteiger partial charge in [0.25, 0.3) is 11.6 Å². The van der Waals surface area contributed by atoms with E-state index in [4.69, 9.17) is 14.3 Å². The molecule has 1 aliphatic rings. The molecule has 4 N–H and O–H groups in total. The van der Waals surface area contributed by atoms with Crippen molar-refractivity contribution in [1.82, 2.24) is 0 Å². The third-order valence-corrected chi connectivity index (χ3v) is 4.68. The molecule has 27 heavy (non-hydrogen) atoms. The first-order valence-electron chi connectivity index (χ1n) is 8.14. The van der Waals surface area contributed by atoms with Gasteiger partial charge in [-0.05, 0) is 30.2 Å². The van der Waals surface area contributed by atoms with Crippen LogP contribution in [0.2, 0.25) is 0 Å². The lowest BCUT2D eigenvalue weighted by atomic mass is 9.87. The summed E-state index contributed by atoms with van der Waals surface area (Å²) >= 11 is 0. The van der Waals surface area contributed by atoms with Crippen molar-refractivity contribution < 1.29 is 34.4 Å². The number of benzene rings is 2. The summed E-state index contributed by atoms with van der Waals surface area (Å²) in [5.74, 6) is -7.18. The molecule has 0 fully saturated rings. The number of aliphatic hydroxyl groups is 3. The highest BCUT2D eigenvalue weighted by atomic mass is 16.7. The Bertz CT molecular complexity index is 1040. The molecule has 2 aromatic carbocycles. The van der Waals surface area contributed by atoms with Crippen molar-refractivity contribution >= 4 is 5.97 Å². The van der Waals surface area contributed by atoms with Crippen LogP contribution in [0.15, 0.2) is 59.0 Å². The maximum atomic E-state index is 11.2. The van der Waals surface area contributed by atoms with Gasteiger partial charge in [-0.2, -0.15) is 0 Å². The van der Waals surface area contributed by atoms with Crippen molar-refractivity contribution in [2.45, 2.75) is 18.5 Å². The molecule has 0 saturated heterocycles. The van der Waals surface area contributed by atoms with Crippen molar-refractivity contribution in [3.05, 3.63) is 77.2 Å². The van der Waals surface area contributed by atoms with Crippen molar-refractivity contribution in [1.29, 1.82) is 0 Å². The van der Waals surface area contributed by atoms with E-state index >= 15 is 0 Å². The maximum Gasteiger partial charge on any atom is 0.371 e. The van der Waals surface area contributed by atoms with E-state index in [-0.39, 0.29) is 22.6 Å². The van der Waals surface area contributed by atoms with Crippen LogP contribution in [0.25, 0.3) is 11.1 Å². The molecule has 0 aliphatic carbocycles. The van der Waals surface area contributed by atoms with Crippen molar-refractivity contribution in [2.24, 2.45) is 0 Å². The van der Waals surface area contributed by atoms with E-state index in [0.717, 1.165) is 11.6 Å². The number of carboxylic acid groups (broad SMARTS) is 1. The third kappa shape index (κ3) is 2.44. The molecule has 1 aromatic heterocycles. The Balaban J connectivity index is 1.87. The van der Waals surface area contributed by atoms with Gasteiger partial charge >= 0.3 is 5.97 Å². The van der Waals surface area contributed by atoms with Gasteiger partial charge in [0.2, 0.25) is 5.76 Å². The Morgan fingerprint density at radius 3 is 2.41 bits per heavy atom. The monoisotopic (exact) mass is 368 g/mol. The molecule has 0 radical (unpaired) electrons. The van der Waals surface area contributed by atoms with E-state index in [1.807, 2.05) is 30.3 Å². The minimum absolute atomic E-state index is 0.0595. The lowest BCUT2D eigenvalue weighted by molar-refractivity contribution is -0.358. The predicted molar refractivity (Wildman–Crippen MR) is 92.9 cm³/mol. The molecule has 3 aromatic rings. The van der Waals surface area contributed by atoms with Gasteiger partial charge in [0, 0.05) is 11.6 Å². The molecule has 1 unspecified atom stereocenters. The SMILES string of the molecule is Cc1oc(C(=O)O)cc1C(O)(O)C1(O)Oc2ccc(-c3ccccc3)c1c2. The zero-order chi connectivity index (χ0) is 19.4. The Morgan fingerprint density at radius 1 is 1.07 bits per heavy atom. The summed E-state index contributed by atoms with van der Waals surface area (Å²) in [6, 6.07) is 14.9. The van der Waals surface area contributed by atoms with Gasteiger partial charge in [-0.25, -0.2) is 4.79 Å². The molecule has 7 heteroatoms. The van der Waals surface area contributed by atoms with Gasteiger partial charge in [-0.3, -0.25) is 0 Å². The van der Waals surface area contributed by atoms with Crippen LogP contribution in [0.4, 0.5) is 0 Å². The first-order chi connectivity index (χ1) is 12.7. The molecule has 138 valence electrons. The standard InChI is InChI=1S/C20H16O7/c1-11-15(10-17(26-11)18(21)22)19(23,24)20(25)16-9-13(27-20)7-8-14(16)12-5-3-2-4-6-12/h2-10,23-25H,1H3,(H,21,22). The molecule has 7 nitrogen and oxygen atoms in total. The van der Waals surface area contributed by atoms with Crippen molar-refractivity contribution in [3.8, 4) is 16.9 Å². The Hall–Kier alpha value is -3.13. The van der Waals surface area contributed by atoms with Crippen LogP contribution in [0, 0.1) is 6.92 Å². The normalized spacial score (nSPS) is 18.4. The lowest BCUT2D eigenvalue weighted by Gasteiger charge is -2.36. The maximum absolute atomic E-state index is 11.2. The Labute approximate surface area is 153 Å². The van der Waals surface area contributed by atoms with Crippen LogP contribution in [-0.2, 0) is 11.6 Å². The summed E-state index contributed by atoms with van der Waals surface area (Å²) < 4.78 is 10.5. The number of carboxylic acids is 1. The molecule has 1 atom stereocenters. The largest absolute Gasteiger partial charge is 0.475 e. The van der Waals surface area contributed by atoms with E-state index in [0.29, 0.717) is 5.56 Å². The smallest absolute Gasteiger partial charge is 0.371 e. The highest BCUT2D eigenvalue weighted by Crippen LogP contribution is 2.50. The van der Waals surface area contributed by atoms with Crippen LogP contribution in [0.1, 0.15) is 27.4 Å². The van der Waals surface area contributed by atoms with Crippen molar-refractivity contribution in [3.63, 3.8) is 0 Å². The average molecular weight is 368 g/mol. The van der Waals surface area contributed by atoms with Crippen LogP contribution >= 0.6 is 0 Å². The highest BCUT2D eigenvalue weighted by Gasteiger charge is 2.59. The van der Waals surface area contributed by atoms with Crippen LogP contribution in [0.3, 0.4) is 0 Å². The number of fused-ring (bicyclic) bond motifs is 2. The van der Waals surface area contributed by atoms with Crippen LogP contribution in [0.5, 0.6) is 5.75 Å². The fourth-order valence-electron chi connectivity index (χ4n) is 3.34. The summed E-state index contributed by atoms with van der Waals surface area (Å²) in [7, 11) is 0. The van der Waals surface area contributed by atoms with Crippen LogP contribution in [-0.4, -0.2) is 26.4 Å². The molecule has 0 amide bonds. The summed E-state index contributed by atoms with van der Waals surface area (Å²) in [6.45, 7) is 1.37. The second-order valence-corrected chi connectivity index (χ2v) is 6.38. The zero-order valence-corrected chi connectivity index (χ0v) is 14.2. The number of aryl methyl sites for hydroxylation is 1. The number of hydrogen-bond acceptors (Lipinski definition) is 6. The molecule has 2 bridgehead atoms. The summed E-state index contributed by atoms with van der Waals surface area (Å²) in [5.41, 5.74) is 1.14. The summed E-state index contributed by atoms with van der Waals surface area (Å²) in [4.78, 5) is 11.1. The molecule has 1 aliphatic heterocycles. The number of carbonyl (C=O) groups is 1. The van der Waals surface area contributed by atoms with Gasteiger partial charge in [0.05, 0.1) is 5.56 Å². The van der Waals surface area contributed by atoms with E-state index < -0.39 is 23.3 Å². The summed E-state index contributed by atoms with van der Waals surface area (Å²) in [6.07, 6.45) is 0. The predicted octanol–water partition coefficient (Wildman–Crippen LogP) is 2.33. The van der Waals surface area contributed by atoms with E-state index in [1.54, 1.807) is 12.1 Å². The van der Waals surface area contributed by atoms with Gasteiger partial charge in [0.15, 0.2) is 0 Å². The summed E-state index contributed by atoms with van der Waals surface area (Å²) in [5, 5.41) is 42.0. The minimum atomic E-state index is -2.96. The number of rotatable bonds is 4. The van der Waals surface area contributed by atoms with E-state index in [1.165, 1.54) is 13.0 Å². The quantitative estimate of drug-likeness (QED) is 0.522. The fraction of sp³-hybridized carbons (Fsp3) is 0.150. The number of hydrogen-bond donors (Lipinski definition) is 4. The molecular formula is C20H16O7. The van der Waals surface area contributed by atoms with Gasteiger partial charge < -0.3 is 29.6 Å². The van der Waals surface area contributed by atoms with Crippen LogP contribution < -0.4 is 4.74 Å². The van der Waals surface area contributed by atoms with Gasteiger partial charge in [-0.15, -0.1) is 0 Å². The third-order valence-electron chi connectivity index (χ3n) is 4.68. The number of furan rings is 1. The average Bonchev–Trinajstić information content (AvgIpc) is 3.16. The molecule has 0 spiro atoms. The number of aromatic carboxylic acids is 1. The minimum Gasteiger partial charge on any atom is -0.475 e.